The summed E-state index contributed by atoms with van der Waals surface area (Å²) in [6, 6.07) is 0. The first-order chi connectivity index (χ1) is 14.1. The Morgan fingerprint density at radius 2 is 0.933 bits per heavy atom. The van der Waals surface area contributed by atoms with Crippen LogP contribution in [0.4, 0.5) is 0 Å². The highest BCUT2D eigenvalue weighted by Crippen LogP contribution is 2.67. The molecule has 0 unspecified atom stereocenters. The highest BCUT2D eigenvalue weighted by Gasteiger charge is 2.62. The Kier molecular flexibility index (Phi) is 6.38. The summed E-state index contributed by atoms with van der Waals surface area (Å²) in [6.07, 6.45) is 8.63. The monoisotopic (exact) mass is 422 g/mol. The standard InChI is InChI=1S/C26H46O4/c1-23(2)19-7-9-25(23,5)21(17-19)29-15-13-27-11-12-28-14-16-30-22-18-20-8-10-26(22,6)24(20,3)4/h19-22H,7-18H2,1-6H3/t19-,20-,21-,22-,25+,26+/m0/s1. The molecule has 0 aromatic rings. The fourth-order valence-electron chi connectivity index (χ4n) is 7.59. The number of rotatable bonds is 11. The molecular formula is C26H46O4. The smallest absolute Gasteiger partial charge is 0.0704 e. The topological polar surface area (TPSA) is 36.9 Å². The largest absolute Gasteiger partial charge is 0.377 e. The minimum atomic E-state index is 0.339. The van der Waals surface area contributed by atoms with E-state index in [-0.39, 0.29) is 0 Å². The first-order valence-electron chi connectivity index (χ1n) is 12.5. The minimum absolute atomic E-state index is 0.339. The van der Waals surface area contributed by atoms with Crippen LogP contribution in [0, 0.1) is 33.5 Å². The van der Waals surface area contributed by atoms with Gasteiger partial charge in [0.25, 0.3) is 0 Å². The van der Waals surface area contributed by atoms with E-state index in [9.17, 15) is 0 Å². The van der Waals surface area contributed by atoms with Crippen LogP contribution in [-0.4, -0.2) is 51.8 Å². The van der Waals surface area contributed by atoms with Gasteiger partial charge in [-0.2, -0.15) is 0 Å². The van der Waals surface area contributed by atoms with Gasteiger partial charge in [0.15, 0.2) is 0 Å². The van der Waals surface area contributed by atoms with E-state index >= 15 is 0 Å². The molecule has 174 valence electrons. The van der Waals surface area contributed by atoms with Gasteiger partial charge in [0.2, 0.25) is 0 Å². The Morgan fingerprint density at radius 3 is 1.23 bits per heavy atom. The van der Waals surface area contributed by atoms with Gasteiger partial charge in [0.1, 0.15) is 0 Å². The van der Waals surface area contributed by atoms with Gasteiger partial charge in [0, 0.05) is 0 Å². The average molecular weight is 423 g/mol. The third kappa shape index (κ3) is 3.58. The molecule has 4 fully saturated rings. The Bertz CT molecular complexity index is 550. The van der Waals surface area contributed by atoms with E-state index < -0.39 is 0 Å². The molecule has 30 heavy (non-hydrogen) atoms. The quantitative estimate of drug-likeness (QED) is 0.413. The van der Waals surface area contributed by atoms with Crippen LogP contribution < -0.4 is 0 Å². The molecule has 4 aliphatic rings. The van der Waals surface area contributed by atoms with Crippen molar-refractivity contribution in [1.82, 2.24) is 0 Å². The van der Waals surface area contributed by atoms with E-state index in [1.54, 1.807) is 0 Å². The van der Waals surface area contributed by atoms with Crippen LogP contribution in [0.1, 0.15) is 80.1 Å². The molecule has 0 aliphatic heterocycles. The zero-order valence-electron chi connectivity index (χ0n) is 20.4. The highest BCUT2D eigenvalue weighted by molar-refractivity contribution is 5.12. The third-order valence-corrected chi connectivity index (χ3v) is 10.9. The first-order valence-corrected chi connectivity index (χ1v) is 12.5. The fraction of sp³-hybridized carbons (Fsp3) is 1.00. The minimum Gasteiger partial charge on any atom is -0.377 e. The summed E-state index contributed by atoms with van der Waals surface area (Å²) in [4.78, 5) is 0. The molecule has 6 atom stereocenters. The Morgan fingerprint density at radius 1 is 0.567 bits per heavy atom. The average Bonchev–Trinajstić information content (AvgIpc) is 3.21. The molecule has 4 rings (SSSR count). The molecule has 0 aromatic heterocycles. The molecule has 0 radical (unpaired) electrons. The normalized spacial score (nSPS) is 43.0. The van der Waals surface area contributed by atoms with Gasteiger partial charge in [-0.05, 0) is 72.0 Å². The van der Waals surface area contributed by atoms with Gasteiger partial charge in [-0.25, -0.2) is 0 Å². The maximum atomic E-state index is 6.24. The van der Waals surface area contributed by atoms with Crippen molar-refractivity contribution in [2.45, 2.75) is 92.3 Å². The lowest BCUT2D eigenvalue weighted by Crippen LogP contribution is -2.37. The van der Waals surface area contributed by atoms with Crippen LogP contribution in [0.15, 0.2) is 0 Å². The molecule has 0 amide bonds. The van der Waals surface area contributed by atoms with E-state index in [1.165, 1.54) is 38.5 Å². The van der Waals surface area contributed by atoms with Gasteiger partial charge in [-0.1, -0.05) is 41.5 Å². The highest BCUT2D eigenvalue weighted by atomic mass is 16.6. The summed E-state index contributed by atoms with van der Waals surface area (Å²) < 4.78 is 23.9. The Balaban J connectivity index is 1.02. The molecule has 0 heterocycles. The van der Waals surface area contributed by atoms with Crippen LogP contribution in [-0.2, 0) is 18.9 Å². The van der Waals surface area contributed by atoms with Crippen molar-refractivity contribution in [3.8, 4) is 0 Å². The molecule has 0 aromatic carbocycles. The van der Waals surface area contributed by atoms with Crippen molar-refractivity contribution >= 4 is 0 Å². The molecule has 0 saturated heterocycles. The number of hydrogen-bond donors (Lipinski definition) is 0. The maximum Gasteiger partial charge on any atom is 0.0704 e. The van der Waals surface area contributed by atoms with Gasteiger partial charge >= 0.3 is 0 Å². The van der Waals surface area contributed by atoms with Crippen molar-refractivity contribution in [1.29, 1.82) is 0 Å². The van der Waals surface area contributed by atoms with Crippen molar-refractivity contribution < 1.29 is 18.9 Å². The van der Waals surface area contributed by atoms with Crippen molar-refractivity contribution in [3.05, 3.63) is 0 Å². The predicted molar refractivity (Wildman–Crippen MR) is 120 cm³/mol. The number of ether oxygens (including phenoxy) is 4. The molecule has 4 bridgehead atoms. The fourth-order valence-corrected chi connectivity index (χ4v) is 7.59. The zero-order valence-corrected chi connectivity index (χ0v) is 20.4. The molecule has 4 saturated carbocycles. The second-order valence-electron chi connectivity index (χ2n) is 12.2. The van der Waals surface area contributed by atoms with Gasteiger partial charge in [-0.15, -0.1) is 0 Å². The van der Waals surface area contributed by atoms with E-state index in [0.717, 1.165) is 11.8 Å². The predicted octanol–water partition coefficient (Wildman–Crippen LogP) is 5.48. The first kappa shape index (κ1) is 23.0. The lowest BCUT2D eigenvalue weighted by Gasteiger charge is -2.39. The summed E-state index contributed by atoms with van der Waals surface area (Å²) in [5.41, 5.74) is 1.51. The number of hydrogen-bond acceptors (Lipinski definition) is 4. The lowest BCUT2D eigenvalue weighted by atomic mass is 9.70. The van der Waals surface area contributed by atoms with Gasteiger partial charge in [-0.3, -0.25) is 0 Å². The summed E-state index contributed by atoms with van der Waals surface area (Å²) in [5.74, 6) is 1.66. The maximum absolute atomic E-state index is 6.24. The van der Waals surface area contributed by atoms with E-state index in [1.807, 2.05) is 0 Å². The van der Waals surface area contributed by atoms with Crippen molar-refractivity contribution in [2.24, 2.45) is 33.5 Å². The SMILES string of the molecule is CC1(C)[C@H]2CC[C@]1(C)[C@@H](OCCOCCOCCO[C@H]1C[C@@H]3CC[C@@]1(C)C3(C)C)C2. The molecule has 4 nitrogen and oxygen atoms in total. The van der Waals surface area contributed by atoms with Crippen LogP contribution in [0.25, 0.3) is 0 Å². The van der Waals surface area contributed by atoms with Crippen LogP contribution >= 0.6 is 0 Å². The molecular weight excluding hydrogens is 376 g/mol. The van der Waals surface area contributed by atoms with Crippen molar-refractivity contribution in [3.63, 3.8) is 0 Å². The van der Waals surface area contributed by atoms with Crippen LogP contribution in [0.5, 0.6) is 0 Å². The molecule has 0 N–H and O–H groups in total. The third-order valence-electron chi connectivity index (χ3n) is 10.9. The number of fused-ring (bicyclic) bond motifs is 4. The Hall–Kier alpha value is -0.160. The van der Waals surface area contributed by atoms with Crippen molar-refractivity contribution in [2.75, 3.05) is 39.6 Å². The van der Waals surface area contributed by atoms with Gasteiger partial charge < -0.3 is 18.9 Å². The van der Waals surface area contributed by atoms with Gasteiger partial charge in [0.05, 0.1) is 51.8 Å². The summed E-state index contributed by atoms with van der Waals surface area (Å²) in [6.45, 7) is 18.6. The molecule has 4 aliphatic carbocycles. The summed E-state index contributed by atoms with van der Waals surface area (Å²) in [5, 5.41) is 0. The van der Waals surface area contributed by atoms with Crippen LogP contribution in [0.2, 0.25) is 0 Å². The van der Waals surface area contributed by atoms with Crippen LogP contribution in [0.3, 0.4) is 0 Å². The van der Waals surface area contributed by atoms with E-state index in [4.69, 9.17) is 18.9 Å². The summed E-state index contributed by atoms with van der Waals surface area (Å²) in [7, 11) is 0. The molecule has 0 spiro atoms. The second-order valence-corrected chi connectivity index (χ2v) is 12.2. The lowest BCUT2D eigenvalue weighted by molar-refractivity contribution is -0.0771. The zero-order chi connectivity index (χ0) is 21.6. The second kappa shape index (κ2) is 8.32. The Labute approximate surface area is 184 Å². The van der Waals surface area contributed by atoms with E-state index in [0.29, 0.717) is 73.5 Å². The summed E-state index contributed by atoms with van der Waals surface area (Å²) >= 11 is 0. The van der Waals surface area contributed by atoms with E-state index in [2.05, 4.69) is 41.5 Å². The molecule has 4 heteroatoms.